The molecule has 0 atom stereocenters. The Morgan fingerprint density at radius 2 is 2.18 bits per heavy atom. The van der Waals surface area contributed by atoms with Gasteiger partial charge in [-0.05, 0) is 33.3 Å². The van der Waals surface area contributed by atoms with Gasteiger partial charge in [-0.15, -0.1) is 0 Å². The third-order valence-electron chi connectivity index (χ3n) is 2.65. The maximum absolute atomic E-state index is 11.2. The molecule has 1 heterocycles. The zero-order valence-electron chi connectivity index (χ0n) is 10.9. The highest BCUT2D eigenvalue weighted by molar-refractivity contribution is 5.94. The number of nitrogens with zero attached hydrogens (tertiary/aromatic N) is 2. The van der Waals surface area contributed by atoms with E-state index in [0.29, 0.717) is 0 Å². The lowest BCUT2D eigenvalue weighted by molar-refractivity contribution is 0.0697. The van der Waals surface area contributed by atoms with Crippen molar-refractivity contribution in [1.82, 2.24) is 4.98 Å². The Kier molecular flexibility index (Phi) is 4.49. The van der Waals surface area contributed by atoms with E-state index in [4.69, 9.17) is 0 Å². The van der Waals surface area contributed by atoms with Crippen LogP contribution in [0.15, 0.2) is 12.3 Å². The second-order valence-electron chi connectivity index (χ2n) is 4.44. The Hall–Kier alpha value is -1.58. The fourth-order valence-corrected chi connectivity index (χ4v) is 1.85. The summed E-state index contributed by atoms with van der Waals surface area (Å²) in [5, 5.41) is 9.19. The predicted octanol–water partition coefficient (Wildman–Crippen LogP) is 2.71. The van der Waals surface area contributed by atoms with Gasteiger partial charge < -0.3 is 10.0 Å². The number of carbonyl (C=O) groups is 1. The van der Waals surface area contributed by atoms with E-state index in [0.717, 1.165) is 24.3 Å². The maximum atomic E-state index is 11.2. The van der Waals surface area contributed by atoms with Crippen molar-refractivity contribution >= 4 is 11.7 Å². The molecule has 4 heteroatoms. The second kappa shape index (κ2) is 5.66. The molecule has 1 aromatic heterocycles. The van der Waals surface area contributed by atoms with Crippen molar-refractivity contribution < 1.29 is 9.90 Å². The van der Waals surface area contributed by atoms with Gasteiger partial charge in [-0.3, -0.25) is 4.98 Å². The minimum Gasteiger partial charge on any atom is -0.478 e. The number of aryl methyl sites for hydroxylation is 1. The van der Waals surface area contributed by atoms with Crippen LogP contribution in [0.3, 0.4) is 0 Å². The Morgan fingerprint density at radius 3 is 2.65 bits per heavy atom. The zero-order chi connectivity index (χ0) is 13.0. The summed E-state index contributed by atoms with van der Waals surface area (Å²) < 4.78 is 0. The van der Waals surface area contributed by atoms with Crippen molar-refractivity contribution in [2.75, 3.05) is 11.4 Å². The largest absolute Gasteiger partial charge is 0.478 e. The molecule has 1 rings (SSSR count). The summed E-state index contributed by atoms with van der Waals surface area (Å²) >= 11 is 0. The standard InChI is InChI=1S/C13H20N2O2/c1-5-6-15(9(2)3)12-7-10(4)14-8-11(12)13(16)17/h7-9H,5-6H2,1-4H3,(H,16,17). The molecule has 0 radical (unpaired) electrons. The normalized spacial score (nSPS) is 10.6. The van der Waals surface area contributed by atoms with Crippen LogP contribution in [0.25, 0.3) is 0 Å². The smallest absolute Gasteiger partial charge is 0.339 e. The molecule has 0 spiro atoms. The van der Waals surface area contributed by atoms with Gasteiger partial charge >= 0.3 is 5.97 Å². The van der Waals surface area contributed by atoms with Gasteiger partial charge in [0, 0.05) is 24.5 Å². The average molecular weight is 236 g/mol. The molecule has 0 saturated heterocycles. The molecule has 0 aliphatic carbocycles. The molecule has 0 aliphatic rings. The van der Waals surface area contributed by atoms with Crippen molar-refractivity contribution in [3.8, 4) is 0 Å². The van der Waals surface area contributed by atoms with Crippen LogP contribution < -0.4 is 4.90 Å². The maximum Gasteiger partial charge on any atom is 0.339 e. The predicted molar refractivity (Wildman–Crippen MR) is 68.7 cm³/mol. The van der Waals surface area contributed by atoms with Gasteiger partial charge in [-0.2, -0.15) is 0 Å². The molecule has 1 aromatic rings. The van der Waals surface area contributed by atoms with Gasteiger partial charge in [0.2, 0.25) is 0 Å². The Morgan fingerprint density at radius 1 is 1.53 bits per heavy atom. The van der Waals surface area contributed by atoms with Gasteiger partial charge in [0.15, 0.2) is 0 Å². The van der Waals surface area contributed by atoms with E-state index < -0.39 is 5.97 Å². The van der Waals surface area contributed by atoms with Gasteiger partial charge in [-0.25, -0.2) is 4.79 Å². The van der Waals surface area contributed by atoms with E-state index in [1.165, 1.54) is 6.20 Å². The number of carboxylic acids is 1. The van der Waals surface area contributed by atoms with Crippen molar-refractivity contribution in [2.45, 2.75) is 40.2 Å². The number of anilines is 1. The molecule has 0 saturated carbocycles. The molecule has 0 aromatic carbocycles. The summed E-state index contributed by atoms with van der Waals surface area (Å²) in [7, 11) is 0. The van der Waals surface area contributed by atoms with Crippen molar-refractivity contribution in [2.24, 2.45) is 0 Å². The molecule has 0 unspecified atom stereocenters. The fraction of sp³-hybridized carbons (Fsp3) is 0.538. The van der Waals surface area contributed by atoms with E-state index in [9.17, 15) is 9.90 Å². The lowest BCUT2D eigenvalue weighted by Crippen LogP contribution is -2.33. The first-order chi connectivity index (χ1) is 7.97. The number of aromatic carboxylic acids is 1. The number of carboxylic acid groups (broad SMARTS) is 1. The quantitative estimate of drug-likeness (QED) is 0.854. The summed E-state index contributed by atoms with van der Waals surface area (Å²) in [6.07, 6.45) is 2.43. The summed E-state index contributed by atoms with van der Waals surface area (Å²) in [6.45, 7) is 8.94. The molecule has 17 heavy (non-hydrogen) atoms. The number of rotatable bonds is 5. The van der Waals surface area contributed by atoms with Crippen LogP contribution in [0.4, 0.5) is 5.69 Å². The van der Waals surface area contributed by atoms with Gasteiger partial charge in [0.1, 0.15) is 5.56 Å². The monoisotopic (exact) mass is 236 g/mol. The number of hydrogen-bond acceptors (Lipinski definition) is 3. The van der Waals surface area contributed by atoms with Crippen molar-refractivity contribution in [3.63, 3.8) is 0 Å². The highest BCUT2D eigenvalue weighted by Gasteiger charge is 2.18. The Balaban J connectivity index is 3.24. The molecule has 0 bridgehead atoms. The molecule has 94 valence electrons. The molecular weight excluding hydrogens is 216 g/mol. The lowest BCUT2D eigenvalue weighted by atomic mass is 10.1. The first-order valence-electron chi connectivity index (χ1n) is 5.94. The minimum absolute atomic E-state index is 0.273. The van der Waals surface area contributed by atoms with Crippen LogP contribution in [0.5, 0.6) is 0 Å². The summed E-state index contributed by atoms with van der Waals surface area (Å²) in [6, 6.07) is 2.12. The minimum atomic E-state index is -0.922. The van der Waals surface area contributed by atoms with E-state index in [2.05, 4.69) is 30.7 Å². The topological polar surface area (TPSA) is 53.4 Å². The van der Waals surface area contributed by atoms with Crippen LogP contribution in [-0.2, 0) is 0 Å². The molecule has 0 aliphatic heterocycles. The molecular formula is C13H20N2O2. The summed E-state index contributed by atoms with van der Waals surface area (Å²) in [5.41, 5.74) is 1.88. The highest BCUT2D eigenvalue weighted by atomic mass is 16.4. The number of hydrogen-bond donors (Lipinski definition) is 1. The molecule has 4 nitrogen and oxygen atoms in total. The first-order valence-corrected chi connectivity index (χ1v) is 5.94. The highest BCUT2D eigenvalue weighted by Crippen LogP contribution is 2.23. The molecule has 0 fully saturated rings. The van der Waals surface area contributed by atoms with Crippen LogP contribution in [0.1, 0.15) is 43.2 Å². The lowest BCUT2D eigenvalue weighted by Gasteiger charge is -2.29. The average Bonchev–Trinajstić information content (AvgIpc) is 2.24. The van der Waals surface area contributed by atoms with Gasteiger partial charge in [0.05, 0.1) is 5.69 Å². The van der Waals surface area contributed by atoms with E-state index in [-0.39, 0.29) is 11.6 Å². The fourth-order valence-electron chi connectivity index (χ4n) is 1.85. The Bertz CT molecular complexity index is 402. The van der Waals surface area contributed by atoms with Crippen LogP contribution in [0.2, 0.25) is 0 Å². The van der Waals surface area contributed by atoms with Crippen LogP contribution >= 0.6 is 0 Å². The summed E-state index contributed by atoms with van der Waals surface area (Å²) in [4.78, 5) is 17.4. The third kappa shape index (κ3) is 3.19. The van der Waals surface area contributed by atoms with Crippen LogP contribution in [0, 0.1) is 6.92 Å². The first kappa shape index (κ1) is 13.5. The van der Waals surface area contributed by atoms with E-state index in [1.54, 1.807) is 0 Å². The van der Waals surface area contributed by atoms with Gasteiger partial charge in [0.25, 0.3) is 0 Å². The van der Waals surface area contributed by atoms with Crippen molar-refractivity contribution in [1.29, 1.82) is 0 Å². The number of pyridine rings is 1. The Labute approximate surface area is 102 Å². The summed E-state index contributed by atoms with van der Waals surface area (Å²) in [5.74, 6) is -0.922. The zero-order valence-corrected chi connectivity index (χ0v) is 10.9. The third-order valence-corrected chi connectivity index (χ3v) is 2.65. The van der Waals surface area contributed by atoms with E-state index in [1.807, 2.05) is 13.0 Å². The SMILES string of the molecule is CCCN(c1cc(C)ncc1C(=O)O)C(C)C. The van der Waals surface area contributed by atoms with E-state index >= 15 is 0 Å². The second-order valence-corrected chi connectivity index (χ2v) is 4.44. The van der Waals surface area contributed by atoms with Crippen LogP contribution in [-0.4, -0.2) is 28.6 Å². The van der Waals surface area contributed by atoms with Crippen molar-refractivity contribution in [3.05, 3.63) is 23.5 Å². The molecule has 1 N–H and O–H groups in total. The van der Waals surface area contributed by atoms with Gasteiger partial charge in [-0.1, -0.05) is 6.92 Å². The number of aromatic nitrogens is 1. The molecule has 0 amide bonds.